The number of rotatable bonds is 6. The van der Waals surface area contributed by atoms with Crippen LogP contribution < -0.4 is 10.2 Å². The van der Waals surface area contributed by atoms with E-state index in [4.69, 9.17) is 19.7 Å². The second-order valence-corrected chi connectivity index (χ2v) is 11.7. The van der Waals surface area contributed by atoms with Crippen molar-refractivity contribution in [3.8, 4) is 11.4 Å². The van der Waals surface area contributed by atoms with Gasteiger partial charge in [-0.15, -0.1) is 0 Å². The summed E-state index contributed by atoms with van der Waals surface area (Å²) in [5.41, 5.74) is 7.35. The van der Waals surface area contributed by atoms with Crippen LogP contribution in [0.1, 0.15) is 79.5 Å². The van der Waals surface area contributed by atoms with Crippen LogP contribution >= 0.6 is 0 Å². The molecule has 4 aromatic heterocycles. The Kier molecular flexibility index (Phi) is 7.67. The van der Waals surface area contributed by atoms with Gasteiger partial charge in [-0.2, -0.15) is 0 Å². The molecule has 6 rings (SSSR count). The van der Waals surface area contributed by atoms with E-state index in [-0.39, 0.29) is 18.1 Å². The van der Waals surface area contributed by atoms with Crippen molar-refractivity contribution in [1.82, 2.24) is 25.3 Å². The van der Waals surface area contributed by atoms with Gasteiger partial charge in [-0.3, -0.25) is 9.78 Å². The van der Waals surface area contributed by atoms with Gasteiger partial charge in [0.05, 0.1) is 41.4 Å². The van der Waals surface area contributed by atoms with E-state index in [2.05, 4.69) is 42.9 Å². The minimum atomic E-state index is -0.170. The molecule has 0 radical (unpaired) electrons. The third-order valence-electron chi connectivity index (χ3n) is 7.99. The lowest BCUT2D eigenvalue weighted by Gasteiger charge is -2.36. The Labute approximate surface area is 241 Å². The molecule has 0 aromatic carbocycles. The van der Waals surface area contributed by atoms with Gasteiger partial charge in [-0.1, -0.05) is 19.9 Å². The highest BCUT2D eigenvalue weighted by atomic mass is 16.5. The summed E-state index contributed by atoms with van der Waals surface area (Å²) in [6, 6.07) is 14.0. The summed E-state index contributed by atoms with van der Waals surface area (Å²) in [4.78, 5) is 34.6. The zero-order valence-corrected chi connectivity index (χ0v) is 24.4. The van der Waals surface area contributed by atoms with Gasteiger partial charge < -0.3 is 15.0 Å². The van der Waals surface area contributed by atoms with Gasteiger partial charge in [0, 0.05) is 30.4 Å². The number of hydrogen-bond donors (Lipinski definition) is 1. The third kappa shape index (κ3) is 5.93. The highest BCUT2D eigenvalue weighted by Gasteiger charge is 2.24. The van der Waals surface area contributed by atoms with Gasteiger partial charge >= 0.3 is 0 Å². The van der Waals surface area contributed by atoms with Crippen LogP contribution in [0.25, 0.3) is 22.3 Å². The first-order chi connectivity index (χ1) is 19.8. The van der Waals surface area contributed by atoms with Crippen molar-refractivity contribution >= 4 is 22.6 Å². The molecule has 1 aliphatic heterocycles. The lowest BCUT2D eigenvalue weighted by molar-refractivity contribution is -0.00545. The monoisotopic (exact) mass is 550 g/mol. The Hall–Kier alpha value is -3.91. The second-order valence-electron chi connectivity index (χ2n) is 11.7. The Balaban J connectivity index is 1.20. The maximum atomic E-state index is 13.1. The topological polar surface area (TPSA) is 93.1 Å². The first kappa shape index (κ1) is 27.3. The summed E-state index contributed by atoms with van der Waals surface area (Å²) in [7, 11) is 0. The Morgan fingerprint density at radius 3 is 2.59 bits per heavy atom. The van der Waals surface area contributed by atoms with Crippen LogP contribution in [0.4, 0.5) is 5.82 Å². The largest absolute Gasteiger partial charge is 0.372 e. The smallest absolute Gasteiger partial charge is 0.270 e. The average molecular weight is 551 g/mol. The molecule has 1 saturated heterocycles. The van der Waals surface area contributed by atoms with E-state index in [9.17, 15) is 4.79 Å². The number of ether oxygens (including phenoxy) is 1. The molecule has 1 amide bonds. The molecule has 4 aromatic rings. The van der Waals surface area contributed by atoms with Gasteiger partial charge in [0.2, 0.25) is 0 Å². The predicted molar refractivity (Wildman–Crippen MR) is 161 cm³/mol. The summed E-state index contributed by atoms with van der Waals surface area (Å²) >= 11 is 0. The lowest BCUT2D eigenvalue weighted by atomic mass is 9.87. The molecule has 1 aliphatic carbocycles. The van der Waals surface area contributed by atoms with Crippen molar-refractivity contribution < 1.29 is 9.53 Å². The lowest BCUT2D eigenvalue weighted by Crippen LogP contribution is -2.45. The number of carbonyl (C=O) groups excluding carboxylic acids is 1. The van der Waals surface area contributed by atoms with Crippen molar-refractivity contribution in [2.24, 2.45) is 0 Å². The highest BCUT2D eigenvalue weighted by Crippen LogP contribution is 2.29. The molecular weight excluding hydrogens is 512 g/mol. The molecule has 8 heteroatoms. The van der Waals surface area contributed by atoms with Gasteiger partial charge in [0.1, 0.15) is 11.5 Å². The number of fused-ring (bicyclic) bond motifs is 2. The second kappa shape index (κ2) is 11.5. The van der Waals surface area contributed by atoms with Crippen LogP contribution in [0.15, 0.2) is 48.7 Å². The number of nitrogens with zero attached hydrogens (tertiary/aromatic N) is 5. The summed E-state index contributed by atoms with van der Waals surface area (Å²) < 4.78 is 5.89. The number of aryl methyl sites for hydroxylation is 1. The molecular formula is C33H38N6O2. The molecule has 41 heavy (non-hydrogen) atoms. The Morgan fingerprint density at radius 1 is 1.00 bits per heavy atom. The van der Waals surface area contributed by atoms with Crippen LogP contribution in [0.5, 0.6) is 0 Å². The zero-order chi connectivity index (χ0) is 28.5. The molecule has 0 spiro atoms. The van der Waals surface area contributed by atoms with E-state index in [1.807, 2.05) is 48.7 Å². The van der Waals surface area contributed by atoms with Crippen LogP contribution in [0.2, 0.25) is 0 Å². The maximum Gasteiger partial charge on any atom is 0.270 e. The number of carbonyl (C=O) groups is 1. The normalized spacial score (nSPS) is 18.9. The minimum absolute atomic E-state index is 0.162. The number of pyridine rings is 4. The quantitative estimate of drug-likeness (QED) is 0.332. The van der Waals surface area contributed by atoms with Crippen molar-refractivity contribution in [2.45, 2.75) is 78.0 Å². The molecule has 8 nitrogen and oxygen atoms in total. The molecule has 2 atom stereocenters. The van der Waals surface area contributed by atoms with E-state index in [0.29, 0.717) is 18.2 Å². The molecule has 5 heterocycles. The van der Waals surface area contributed by atoms with Crippen molar-refractivity contribution in [3.05, 3.63) is 76.9 Å². The number of anilines is 1. The minimum Gasteiger partial charge on any atom is -0.372 e. The molecule has 0 saturated carbocycles. The number of aromatic nitrogens is 4. The van der Waals surface area contributed by atoms with Crippen molar-refractivity contribution in [1.29, 1.82) is 0 Å². The standard InChI is InChI=1S/C33H38N6O2/c1-20(2)26-15-31(36-27-9-6-5-8-25(26)27)33(40)35-17-24-14-30-23(16-34-24)12-13-29(37-30)28-10-7-11-32(38-28)39-18-21(3)41-22(4)19-39/h7,10-16,20-22H,5-6,8-9,17-19H2,1-4H3,(H,35,40)/t21-,22?/m1/s1. The third-order valence-corrected chi connectivity index (χ3v) is 7.99. The SMILES string of the molecule is CC1CN(c2cccc(-c3ccc4cnc(CNC(=O)c5cc(C(C)C)c6c(n5)CCCC6)cc4n3)n2)C[C@@H](C)O1. The van der Waals surface area contributed by atoms with Crippen molar-refractivity contribution in [3.63, 3.8) is 0 Å². The highest BCUT2D eigenvalue weighted by molar-refractivity contribution is 5.92. The van der Waals surface area contributed by atoms with E-state index in [1.54, 1.807) is 0 Å². The first-order valence-electron chi connectivity index (χ1n) is 14.8. The average Bonchev–Trinajstić information content (AvgIpc) is 2.98. The Bertz CT molecular complexity index is 1580. The van der Waals surface area contributed by atoms with E-state index >= 15 is 0 Å². The summed E-state index contributed by atoms with van der Waals surface area (Å²) in [5, 5.41) is 3.97. The first-order valence-corrected chi connectivity index (χ1v) is 14.8. The summed E-state index contributed by atoms with van der Waals surface area (Å²) in [5.74, 6) is 1.12. The summed E-state index contributed by atoms with van der Waals surface area (Å²) in [6.07, 6.45) is 6.45. The molecule has 2 aliphatic rings. The number of amides is 1. The number of morpholine rings is 1. The number of hydrogen-bond acceptors (Lipinski definition) is 7. The zero-order valence-electron chi connectivity index (χ0n) is 24.4. The van der Waals surface area contributed by atoms with Crippen molar-refractivity contribution in [2.75, 3.05) is 18.0 Å². The van der Waals surface area contributed by atoms with E-state index in [0.717, 1.165) is 71.8 Å². The molecule has 1 unspecified atom stereocenters. The molecule has 1 N–H and O–H groups in total. The summed E-state index contributed by atoms with van der Waals surface area (Å²) in [6.45, 7) is 10.5. The van der Waals surface area contributed by atoms with Gasteiger partial charge in [-0.05, 0) is 93.0 Å². The van der Waals surface area contributed by atoms with Crippen LogP contribution in [0.3, 0.4) is 0 Å². The van der Waals surface area contributed by atoms with Gasteiger partial charge in [0.15, 0.2) is 0 Å². The number of nitrogens with one attached hydrogen (secondary N) is 1. The van der Waals surface area contributed by atoms with Crippen LogP contribution in [-0.2, 0) is 24.1 Å². The van der Waals surface area contributed by atoms with Crippen LogP contribution in [0, 0.1) is 0 Å². The fourth-order valence-corrected chi connectivity index (χ4v) is 6.03. The molecule has 212 valence electrons. The van der Waals surface area contributed by atoms with E-state index < -0.39 is 0 Å². The fourth-order valence-electron chi connectivity index (χ4n) is 6.03. The molecule has 0 bridgehead atoms. The van der Waals surface area contributed by atoms with E-state index in [1.165, 1.54) is 17.5 Å². The molecule has 1 fully saturated rings. The van der Waals surface area contributed by atoms with Gasteiger partial charge in [0.25, 0.3) is 5.91 Å². The fraction of sp³-hybridized carbons (Fsp3) is 0.424. The Morgan fingerprint density at radius 2 is 1.78 bits per heavy atom. The maximum absolute atomic E-state index is 13.1. The predicted octanol–water partition coefficient (Wildman–Crippen LogP) is 5.63. The van der Waals surface area contributed by atoms with Crippen LogP contribution in [-0.4, -0.2) is 51.1 Å². The van der Waals surface area contributed by atoms with Gasteiger partial charge in [-0.25, -0.2) is 15.0 Å².